The van der Waals surface area contributed by atoms with E-state index in [4.69, 9.17) is 5.73 Å². The number of aromatic nitrogens is 3. The molecule has 22 heavy (non-hydrogen) atoms. The van der Waals surface area contributed by atoms with E-state index < -0.39 is 0 Å². The van der Waals surface area contributed by atoms with Gasteiger partial charge in [-0.2, -0.15) is 5.10 Å². The van der Waals surface area contributed by atoms with Gasteiger partial charge in [0.2, 0.25) is 0 Å². The third-order valence-corrected chi connectivity index (χ3v) is 4.27. The molecule has 0 bridgehead atoms. The summed E-state index contributed by atoms with van der Waals surface area (Å²) in [4.78, 5) is 8.76. The molecule has 0 saturated heterocycles. The van der Waals surface area contributed by atoms with Crippen molar-refractivity contribution in [1.29, 1.82) is 0 Å². The molecule has 0 spiro atoms. The van der Waals surface area contributed by atoms with Crippen LogP contribution in [0.15, 0.2) is 33.7 Å². The summed E-state index contributed by atoms with van der Waals surface area (Å²) in [6, 6.07) is 8.34. The Morgan fingerprint density at radius 2 is 2.05 bits per heavy atom. The van der Waals surface area contributed by atoms with Gasteiger partial charge < -0.3 is 11.1 Å². The van der Waals surface area contributed by atoms with Crippen LogP contribution in [0, 0.1) is 0 Å². The molecule has 1 aromatic heterocycles. The minimum Gasteiger partial charge on any atom is -0.370 e. The van der Waals surface area contributed by atoms with Crippen LogP contribution in [0.5, 0.6) is 0 Å². The number of halogens is 1. The molecule has 0 aliphatic heterocycles. The number of rotatable bonds is 4. The highest BCUT2D eigenvalue weighted by Crippen LogP contribution is 2.18. The first kappa shape index (κ1) is 15.0. The van der Waals surface area contributed by atoms with Crippen molar-refractivity contribution in [2.45, 2.75) is 38.3 Å². The van der Waals surface area contributed by atoms with Gasteiger partial charge in [-0.15, -0.1) is 0 Å². The number of benzene rings is 1. The van der Waals surface area contributed by atoms with E-state index in [9.17, 15) is 0 Å². The normalized spacial score (nSPS) is 16.1. The van der Waals surface area contributed by atoms with Gasteiger partial charge >= 0.3 is 0 Å². The first-order valence-corrected chi connectivity index (χ1v) is 8.24. The van der Waals surface area contributed by atoms with Crippen molar-refractivity contribution in [3.8, 4) is 11.4 Å². The molecule has 4 N–H and O–H groups in total. The van der Waals surface area contributed by atoms with Gasteiger partial charge in [0.05, 0.1) is 0 Å². The lowest BCUT2D eigenvalue weighted by molar-refractivity contribution is 0.625. The molecule has 0 atom stereocenters. The molecule has 1 heterocycles. The van der Waals surface area contributed by atoms with Crippen LogP contribution in [-0.4, -0.2) is 27.2 Å². The Labute approximate surface area is 137 Å². The molecule has 1 fully saturated rings. The smallest absolute Gasteiger partial charge is 0.189 e. The monoisotopic (exact) mass is 362 g/mol. The van der Waals surface area contributed by atoms with Gasteiger partial charge in [-0.3, -0.25) is 5.10 Å². The second-order valence-corrected chi connectivity index (χ2v) is 6.36. The molecule has 0 amide bonds. The molecule has 0 unspecified atom stereocenters. The van der Waals surface area contributed by atoms with E-state index in [0.29, 0.717) is 30.2 Å². The average Bonchev–Trinajstić information content (AvgIpc) is 3.17. The van der Waals surface area contributed by atoms with Crippen LogP contribution < -0.4 is 11.1 Å². The molecule has 6 nitrogen and oxygen atoms in total. The number of nitrogens with one attached hydrogen (secondary N) is 2. The van der Waals surface area contributed by atoms with E-state index >= 15 is 0 Å². The summed E-state index contributed by atoms with van der Waals surface area (Å²) in [6.45, 7) is 0.398. The molecule has 1 saturated carbocycles. The van der Waals surface area contributed by atoms with Crippen LogP contribution in [0.4, 0.5) is 0 Å². The Bertz CT molecular complexity index is 642. The Morgan fingerprint density at radius 3 is 2.77 bits per heavy atom. The van der Waals surface area contributed by atoms with Crippen LogP contribution in [0.2, 0.25) is 0 Å². The van der Waals surface area contributed by atoms with E-state index in [0.717, 1.165) is 10.0 Å². The first-order chi connectivity index (χ1) is 10.7. The minimum atomic E-state index is 0.398. The largest absolute Gasteiger partial charge is 0.370 e. The van der Waals surface area contributed by atoms with Gasteiger partial charge in [-0.05, 0) is 25.0 Å². The fourth-order valence-electron chi connectivity index (χ4n) is 2.58. The fourth-order valence-corrected chi connectivity index (χ4v) is 2.84. The Balaban J connectivity index is 1.60. The Morgan fingerprint density at radius 1 is 1.32 bits per heavy atom. The molecule has 1 aliphatic carbocycles. The Kier molecular flexibility index (Phi) is 4.72. The maximum absolute atomic E-state index is 5.91. The fraction of sp³-hybridized carbons (Fsp3) is 0.400. The van der Waals surface area contributed by atoms with Gasteiger partial charge in [0.25, 0.3) is 0 Å². The number of nitrogens with two attached hydrogens (primary N) is 1. The summed E-state index contributed by atoms with van der Waals surface area (Å²) in [7, 11) is 0. The highest BCUT2D eigenvalue weighted by Gasteiger charge is 2.14. The third-order valence-electron chi connectivity index (χ3n) is 3.74. The van der Waals surface area contributed by atoms with Crippen molar-refractivity contribution in [2.24, 2.45) is 10.7 Å². The number of hydrogen-bond acceptors (Lipinski definition) is 3. The number of aliphatic imine (C=N–C) groups is 1. The molecular formula is C15H19BrN6. The quantitative estimate of drug-likeness (QED) is 0.575. The van der Waals surface area contributed by atoms with E-state index in [1.807, 2.05) is 24.3 Å². The van der Waals surface area contributed by atoms with E-state index in [1.54, 1.807) is 0 Å². The highest BCUT2D eigenvalue weighted by atomic mass is 79.9. The lowest BCUT2D eigenvalue weighted by atomic mass is 10.2. The molecule has 1 aromatic carbocycles. The average molecular weight is 363 g/mol. The van der Waals surface area contributed by atoms with Crippen molar-refractivity contribution in [3.05, 3.63) is 34.6 Å². The summed E-state index contributed by atoms with van der Waals surface area (Å²) < 4.78 is 1.03. The van der Waals surface area contributed by atoms with Crippen molar-refractivity contribution in [1.82, 2.24) is 20.5 Å². The molecule has 2 aromatic rings. The van der Waals surface area contributed by atoms with Gasteiger partial charge in [0.15, 0.2) is 11.8 Å². The lowest BCUT2D eigenvalue weighted by Gasteiger charge is -2.11. The summed E-state index contributed by atoms with van der Waals surface area (Å²) in [6.07, 6.45) is 4.88. The number of aromatic amines is 1. The molecule has 1 aliphatic rings. The maximum Gasteiger partial charge on any atom is 0.189 e. The predicted molar refractivity (Wildman–Crippen MR) is 90.2 cm³/mol. The highest BCUT2D eigenvalue weighted by molar-refractivity contribution is 9.10. The molecule has 7 heteroatoms. The zero-order valence-corrected chi connectivity index (χ0v) is 13.8. The standard InChI is InChI=1S/C15H19BrN6/c16-11-7-5-10(6-8-11)14-20-13(21-22-14)9-18-15(17)19-12-3-1-2-4-12/h5-8,12H,1-4,9H2,(H3,17,18,19)(H,20,21,22). The summed E-state index contributed by atoms with van der Waals surface area (Å²) >= 11 is 3.41. The first-order valence-electron chi connectivity index (χ1n) is 7.44. The van der Waals surface area contributed by atoms with Crippen LogP contribution >= 0.6 is 15.9 Å². The summed E-state index contributed by atoms with van der Waals surface area (Å²) in [5.41, 5.74) is 6.87. The molecular weight excluding hydrogens is 344 g/mol. The zero-order chi connectivity index (χ0) is 15.4. The molecule has 3 rings (SSSR count). The summed E-state index contributed by atoms with van der Waals surface area (Å²) in [5.74, 6) is 1.85. The topological polar surface area (TPSA) is 92.0 Å². The van der Waals surface area contributed by atoms with Crippen molar-refractivity contribution in [3.63, 3.8) is 0 Å². The van der Waals surface area contributed by atoms with E-state index in [-0.39, 0.29) is 0 Å². The molecule has 0 radical (unpaired) electrons. The van der Waals surface area contributed by atoms with Crippen molar-refractivity contribution < 1.29 is 0 Å². The van der Waals surface area contributed by atoms with E-state index in [1.165, 1.54) is 25.7 Å². The number of guanidine groups is 1. The Hall–Kier alpha value is -1.89. The van der Waals surface area contributed by atoms with Crippen LogP contribution in [0.25, 0.3) is 11.4 Å². The number of H-pyrrole nitrogens is 1. The SMILES string of the molecule is NC(=NCc1nc(-c2ccc(Br)cc2)n[nH]1)NC1CCCC1. The van der Waals surface area contributed by atoms with Crippen LogP contribution in [0.1, 0.15) is 31.5 Å². The van der Waals surface area contributed by atoms with E-state index in [2.05, 4.69) is 41.4 Å². The number of hydrogen-bond donors (Lipinski definition) is 3. The minimum absolute atomic E-state index is 0.398. The lowest BCUT2D eigenvalue weighted by Crippen LogP contribution is -2.38. The third kappa shape index (κ3) is 3.85. The second kappa shape index (κ2) is 6.91. The predicted octanol–water partition coefficient (Wildman–Crippen LogP) is 2.58. The van der Waals surface area contributed by atoms with Gasteiger partial charge in [-0.25, -0.2) is 9.98 Å². The van der Waals surface area contributed by atoms with Crippen LogP contribution in [-0.2, 0) is 6.54 Å². The zero-order valence-electron chi connectivity index (χ0n) is 12.2. The second-order valence-electron chi connectivity index (χ2n) is 5.44. The van der Waals surface area contributed by atoms with Gasteiger partial charge in [0.1, 0.15) is 12.4 Å². The van der Waals surface area contributed by atoms with Gasteiger partial charge in [-0.1, -0.05) is 40.9 Å². The van der Waals surface area contributed by atoms with Crippen LogP contribution in [0.3, 0.4) is 0 Å². The molecule has 116 valence electrons. The van der Waals surface area contributed by atoms with Gasteiger partial charge in [0, 0.05) is 16.1 Å². The number of nitrogens with zero attached hydrogens (tertiary/aromatic N) is 3. The van der Waals surface area contributed by atoms with Crippen molar-refractivity contribution >= 4 is 21.9 Å². The van der Waals surface area contributed by atoms with Crippen molar-refractivity contribution in [2.75, 3.05) is 0 Å². The summed E-state index contributed by atoms with van der Waals surface area (Å²) in [5, 5.41) is 10.4. The maximum atomic E-state index is 5.91.